The summed E-state index contributed by atoms with van der Waals surface area (Å²) in [5.74, 6) is -0.594. The average molecular weight is 307 g/mol. The molecule has 0 fully saturated rings. The highest BCUT2D eigenvalue weighted by Crippen LogP contribution is 2.19. The van der Waals surface area contributed by atoms with Gasteiger partial charge in [0, 0.05) is 24.9 Å². The summed E-state index contributed by atoms with van der Waals surface area (Å²) < 4.78 is 24.2. The Kier molecular flexibility index (Phi) is 3.92. The summed E-state index contributed by atoms with van der Waals surface area (Å²) in [5, 5.41) is 7.52. The molecule has 3 N–H and O–H groups in total. The zero-order valence-corrected chi connectivity index (χ0v) is 11.9. The van der Waals surface area contributed by atoms with E-state index in [-0.39, 0.29) is 21.7 Å². The van der Waals surface area contributed by atoms with Gasteiger partial charge >= 0.3 is 0 Å². The highest BCUT2D eigenvalue weighted by Gasteiger charge is 2.16. The Hall–Kier alpha value is -2.45. The van der Waals surface area contributed by atoms with Crippen LogP contribution < -0.4 is 16.0 Å². The van der Waals surface area contributed by atoms with E-state index in [1.807, 2.05) is 0 Å². The number of carbonyl (C=O) groups is 1. The van der Waals surface area contributed by atoms with Gasteiger partial charge in [-0.25, -0.2) is 13.6 Å². The van der Waals surface area contributed by atoms with Crippen molar-refractivity contribution in [2.45, 2.75) is 4.90 Å². The summed E-state index contributed by atoms with van der Waals surface area (Å²) in [6.45, 7) is 0. The van der Waals surface area contributed by atoms with E-state index in [1.54, 1.807) is 13.1 Å². The molecule has 8 heteroatoms. The number of pyridine rings is 1. The molecule has 0 aliphatic rings. The standard InChI is InChI=1S/C13H13N3O4S/c1-16-7-6-9(8-12(16)17)13(18)15-10-4-2-3-5-11(10)21(14,19)20/h2-8H,1H3,(H,15,18)(H2,14,19,20). The Bertz CT molecular complexity index is 856. The largest absolute Gasteiger partial charge is 0.321 e. The van der Waals surface area contributed by atoms with E-state index in [0.717, 1.165) is 6.07 Å². The molecule has 1 aromatic carbocycles. The fourth-order valence-corrected chi connectivity index (χ4v) is 2.40. The first-order valence-electron chi connectivity index (χ1n) is 5.89. The molecule has 1 aromatic heterocycles. The average Bonchev–Trinajstić information content (AvgIpc) is 2.41. The van der Waals surface area contributed by atoms with Crippen molar-refractivity contribution in [3.05, 3.63) is 58.5 Å². The van der Waals surface area contributed by atoms with Crippen LogP contribution in [0.2, 0.25) is 0 Å². The summed E-state index contributed by atoms with van der Waals surface area (Å²) in [6, 6.07) is 8.38. The molecule has 2 rings (SSSR count). The number of nitrogens with one attached hydrogen (secondary N) is 1. The maximum Gasteiger partial charge on any atom is 0.255 e. The van der Waals surface area contributed by atoms with Gasteiger partial charge < -0.3 is 9.88 Å². The smallest absolute Gasteiger partial charge is 0.255 e. The number of hydrogen-bond acceptors (Lipinski definition) is 4. The van der Waals surface area contributed by atoms with Crippen LogP contribution in [0.3, 0.4) is 0 Å². The molecule has 0 bridgehead atoms. The number of primary sulfonamides is 1. The fourth-order valence-electron chi connectivity index (χ4n) is 1.70. The molecule has 1 heterocycles. The molecule has 0 saturated carbocycles. The van der Waals surface area contributed by atoms with Gasteiger partial charge in [-0.1, -0.05) is 12.1 Å². The van der Waals surface area contributed by atoms with E-state index in [0.29, 0.717) is 0 Å². The minimum atomic E-state index is -3.96. The lowest BCUT2D eigenvalue weighted by molar-refractivity contribution is 0.102. The van der Waals surface area contributed by atoms with Gasteiger partial charge in [-0.05, 0) is 18.2 Å². The minimum absolute atomic E-state index is 0.0608. The van der Waals surface area contributed by atoms with E-state index >= 15 is 0 Å². The van der Waals surface area contributed by atoms with Crippen molar-refractivity contribution >= 4 is 21.6 Å². The summed E-state index contributed by atoms with van der Waals surface area (Å²) in [6.07, 6.45) is 1.45. The second-order valence-corrected chi connectivity index (χ2v) is 5.89. The topological polar surface area (TPSA) is 111 Å². The lowest BCUT2D eigenvalue weighted by Crippen LogP contribution is -2.21. The second kappa shape index (κ2) is 5.51. The molecular weight excluding hydrogens is 294 g/mol. The molecule has 1 amide bonds. The number of anilines is 1. The van der Waals surface area contributed by atoms with Gasteiger partial charge in [0.1, 0.15) is 4.90 Å². The highest BCUT2D eigenvalue weighted by atomic mass is 32.2. The predicted octanol–water partition coefficient (Wildman–Crippen LogP) is 0.285. The Morgan fingerprint density at radius 2 is 1.90 bits per heavy atom. The third-order valence-corrected chi connectivity index (χ3v) is 3.78. The molecule has 0 saturated heterocycles. The van der Waals surface area contributed by atoms with E-state index in [2.05, 4.69) is 5.32 Å². The van der Waals surface area contributed by atoms with Crippen molar-refractivity contribution in [1.82, 2.24) is 4.57 Å². The number of sulfonamides is 1. The van der Waals surface area contributed by atoms with E-state index in [4.69, 9.17) is 5.14 Å². The SMILES string of the molecule is Cn1ccc(C(=O)Nc2ccccc2S(N)(=O)=O)cc1=O. The minimum Gasteiger partial charge on any atom is -0.321 e. The fraction of sp³-hybridized carbons (Fsp3) is 0.0769. The van der Waals surface area contributed by atoms with Crippen LogP contribution in [0.25, 0.3) is 0 Å². The molecule has 7 nitrogen and oxygen atoms in total. The number of rotatable bonds is 3. The molecule has 0 spiro atoms. The van der Waals surface area contributed by atoms with Crippen LogP contribution in [0.15, 0.2) is 52.3 Å². The Balaban J connectivity index is 2.37. The second-order valence-electron chi connectivity index (χ2n) is 4.36. The van der Waals surface area contributed by atoms with Gasteiger partial charge in [0.2, 0.25) is 10.0 Å². The Morgan fingerprint density at radius 1 is 1.24 bits per heavy atom. The number of hydrogen-bond donors (Lipinski definition) is 2. The molecule has 0 aliphatic heterocycles. The van der Waals surface area contributed by atoms with E-state index in [9.17, 15) is 18.0 Å². The summed E-state index contributed by atoms with van der Waals surface area (Å²) in [4.78, 5) is 23.4. The molecule has 0 aliphatic carbocycles. The van der Waals surface area contributed by atoms with Crippen molar-refractivity contribution in [2.75, 3.05) is 5.32 Å². The maximum atomic E-state index is 12.1. The molecule has 0 radical (unpaired) electrons. The molecule has 0 unspecified atom stereocenters. The Labute approximate surface area is 121 Å². The molecule has 0 atom stereocenters. The molecular formula is C13H13N3O4S. The van der Waals surface area contributed by atoms with Crippen molar-refractivity contribution in [3.8, 4) is 0 Å². The number of nitrogens with two attached hydrogens (primary N) is 1. The first-order chi connectivity index (χ1) is 9.79. The van der Waals surface area contributed by atoms with Crippen LogP contribution in [-0.2, 0) is 17.1 Å². The van der Waals surface area contributed by atoms with Crippen LogP contribution in [0.1, 0.15) is 10.4 Å². The number of aromatic nitrogens is 1. The quantitative estimate of drug-likeness (QED) is 0.848. The van der Waals surface area contributed by atoms with Crippen LogP contribution >= 0.6 is 0 Å². The first-order valence-corrected chi connectivity index (χ1v) is 7.43. The highest BCUT2D eigenvalue weighted by molar-refractivity contribution is 7.89. The van der Waals surface area contributed by atoms with Gasteiger partial charge in [0.05, 0.1) is 5.69 Å². The normalized spacial score (nSPS) is 11.1. The van der Waals surface area contributed by atoms with Crippen molar-refractivity contribution in [2.24, 2.45) is 12.2 Å². The summed E-state index contributed by atoms with van der Waals surface area (Å²) in [7, 11) is -2.40. The van der Waals surface area contributed by atoms with Crippen LogP contribution in [0, 0.1) is 0 Å². The van der Waals surface area contributed by atoms with E-state index in [1.165, 1.54) is 35.0 Å². The van der Waals surface area contributed by atoms with Gasteiger partial charge in [0.15, 0.2) is 0 Å². The van der Waals surface area contributed by atoms with Gasteiger partial charge in [-0.2, -0.15) is 0 Å². The lowest BCUT2D eigenvalue weighted by atomic mass is 10.2. The van der Waals surface area contributed by atoms with Gasteiger partial charge in [-0.15, -0.1) is 0 Å². The van der Waals surface area contributed by atoms with Crippen molar-refractivity contribution in [3.63, 3.8) is 0 Å². The summed E-state index contributed by atoms with van der Waals surface area (Å²) >= 11 is 0. The maximum absolute atomic E-state index is 12.1. The zero-order valence-electron chi connectivity index (χ0n) is 11.1. The number of aryl methyl sites for hydroxylation is 1. The summed E-state index contributed by atoms with van der Waals surface area (Å²) in [5.41, 5.74) is -0.157. The van der Waals surface area contributed by atoms with Crippen molar-refractivity contribution < 1.29 is 13.2 Å². The van der Waals surface area contributed by atoms with Crippen molar-refractivity contribution in [1.29, 1.82) is 0 Å². The third kappa shape index (κ3) is 3.36. The third-order valence-electron chi connectivity index (χ3n) is 2.81. The lowest BCUT2D eigenvalue weighted by Gasteiger charge is -2.09. The number of nitrogens with zero attached hydrogens (tertiary/aromatic N) is 1. The van der Waals surface area contributed by atoms with Gasteiger partial charge in [-0.3, -0.25) is 9.59 Å². The molecule has 21 heavy (non-hydrogen) atoms. The van der Waals surface area contributed by atoms with Gasteiger partial charge in [0.25, 0.3) is 11.5 Å². The molecule has 2 aromatic rings. The zero-order chi connectivity index (χ0) is 15.6. The van der Waals surface area contributed by atoms with Crippen LogP contribution in [0.5, 0.6) is 0 Å². The monoisotopic (exact) mass is 307 g/mol. The van der Waals surface area contributed by atoms with Crippen LogP contribution in [-0.4, -0.2) is 18.9 Å². The number of benzene rings is 1. The number of amides is 1. The Morgan fingerprint density at radius 3 is 2.52 bits per heavy atom. The van der Waals surface area contributed by atoms with Crippen LogP contribution in [0.4, 0.5) is 5.69 Å². The predicted molar refractivity (Wildman–Crippen MR) is 77.5 cm³/mol. The first kappa shape index (κ1) is 14.9. The van der Waals surface area contributed by atoms with E-state index < -0.39 is 15.9 Å². The number of carbonyl (C=O) groups excluding carboxylic acids is 1. The molecule has 110 valence electrons. The number of para-hydroxylation sites is 1.